The van der Waals surface area contributed by atoms with E-state index in [1.165, 1.54) is 12.4 Å². The van der Waals surface area contributed by atoms with Gasteiger partial charge in [0.2, 0.25) is 0 Å². The highest BCUT2D eigenvalue weighted by Gasteiger charge is 2.07. The quantitative estimate of drug-likeness (QED) is 0.945. The maximum Gasteiger partial charge on any atom is 0.253 e. The molecule has 0 aromatic carbocycles. The Labute approximate surface area is 105 Å². The smallest absolute Gasteiger partial charge is 0.253 e. The molecule has 2 heterocycles. The highest BCUT2D eigenvalue weighted by atomic mass is 79.9. The Bertz CT molecular complexity index is 486. The number of carbonyl (C=O) groups excluding carboxylic acids is 1. The molecular weight excluding hydrogens is 290 g/mol. The number of rotatable bonds is 3. The fourth-order valence-corrected chi connectivity index (χ4v) is 2.57. The summed E-state index contributed by atoms with van der Waals surface area (Å²) in [5.41, 5.74) is 0.516. The van der Waals surface area contributed by atoms with Crippen LogP contribution in [0.15, 0.2) is 34.4 Å². The molecule has 0 saturated heterocycles. The molecule has 0 aliphatic carbocycles. The van der Waals surface area contributed by atoms with Gasteiger partial charge in [-0.15, -0.1) is 11.3 Å². The molecule has 0 aliphatic rings. The normalized spacial score (nSPS) is 10.1. The van der Waals surface area contributed by atoms with Crippen LogP contribution in [-0.4, -0.2) is 16.1 Å². The zero-order valence-corrected chi connectivity index (χ0v) is 10.6. The minimum Gasteiger partial charge on any atom is -0.347 e. The lowest BCUT2D eigenvalue weighted by molar-refractivity contribution is 0.0950. The van der Waals surface area contributed by atoms with Crippen LogP contribution in [0.4, 0.5) is 0 Å². The molecule has 2 rings (SSSR count). The molecule has 0 radical (unpaired) electrons. The van der Waals surface area contributed by atoms with E-state index in [9.17, 15) is 4.79 Å². The van der Waals surface area contributed by atoms with Gasteiger partial charge >= 0.3 is 0 Å². The molecule has 82 valence electrons. The number of nitrogens with one attached hydrogen (secondary N) is 1. The Balaban J connectivity index is 1.97. The van der Waals surface area contributed by atoms with Gasteiger partial charge in [0.25, 0.3) is 5.91 Å². The minimum absolute atomic E-state index is 0.143. The van der Waals surface area contributed by atoms with E-state index in [4.69, 9.17) is 0 Å². The van der Waals surface area contributed by atoms with E-state index in [1.54, 1.807) is 17.4 Å². The van der Waals surface area contributed by atoms with Crippen molar-refractivity contribution in [1.82, 2.24) is 15.5 Å². The predicted molar refractivity (Wildman–Crippen MR) is 65.2 cm³/mol. The first-order valence-electron chi connectivity index (χ1n) is 4.54. The standard InChI is InChI=1S/C10H8BrN3OS/c11-8-2-4-16-9(8)6-12-10(15)7-1-3-13-14-5-7/h1-5H,6H2,(H,12,15). The van der Waals surface area contributed by atoms with E-state index in [1.807, 2.05) is 11.4 Å². The maximum absolute atomic E-state index is 11.7. The summed E-state index contributed by atoms with van der Waals surface area (Å²) in [6.07, 6.45) is 2.94. The molecule has 16 heavy (non-hydrogen) atoms. The van der Waals surface area contributed by atoms with Crippen molar-refractivity contribution < 1.29 is 4.79 Å². The highest BCUT2D eigenvalue weighted by Crippen LogP contribution is 2.22. The fourth-order valence-electron chi connectivity index (χ4n) is 1.14. The SMILES string of the molecule is O=C(NCc1sccc1Br)c1ccnnc1. The summed E-state index contributed by atoms with van der Waals surface area (Å²) in [5, 5.41) is 12.1. The van der Waals surface area contributed by atoms with Crippen molar-refractivity contribution in [3.05, 3.63) is 44.8 Å². The topological polar surface area (TPSA) is 54.9 Å². The van der Waals surface area contributed by atoms with Gasteiger partial charge in [0.15, 0.2) is 0 Å². The third-order valence-corrected chi connectivity index (χ3v) is 3.87. The molecule has 0 spiro atoms. The average Bonchev–Trinajstić information content (AvgIpc) is 2.73. The van der Waals surface area contributed by atoms with Crippen LogP contribution >= 0.6 is 27.3 Å². The number of amides is 1. The summed E-state index contributed by atoms with van der Waals surface area (Å²) >= 11 is 5.01. The predicted octanol–water partition coefficient (Wildman–Crippen LogP) is 2.23. The average molecular weight is 298 g/mol. The number of hydrogen-bond acceptors (Lipinski definition) is 4. The van der Waals surface area contributed by atoms with E-state index < -0.39 is 0 Å². The van der Waals surface area contributed by atoms with Crippen molar-refractivity contribution in [2.75, 3.05) is 0 Å². The minimum atomic E-state index is -0.143. The van der Waals surface area contributed by atoms with Gasteiger partial charge in [-0.2, -0.15) is 10.2 Å². The summed E-state index contributed by atoms with van der Waals surface area (Å²) in [5.74, 6) is -0.143. The van der Waals surface area contributed by atoms with E-state index in [0.29, 0.717) is 12.1 Å². The Morgan fingerprint density at radius 1 is 1.44 bits per heavy atom. The molecular formula is C10H8BrN3OS. The first-order chi connectivity index (χ1) is 7.77. The summed E-state index contributed by atoms with van der Waals surface area (Å²) < 4.78 is 1.02. The number of aromatic nitrogens is 2. The van der Waals surface area contributed by atoms with Crippen LogP contribution in [0.2, 0.25) is 0 Å². The van der Waals surface area contributed by atoms with Crippen molar-refractivity contribution in [1.29, 1.82) is 0 Å². The molecule has 4 nitrogen and oxygen atoms in total. The molecule has 1 N–H and O–H groups in total. The van der Waals surface area contributed by atoms with E-state index in [2.05, 4.69) is 31.4 Å². The lowest BCUT2D eigenvalue weighted by Gasteiger charge is -2.03. The van der Waals surface area contributed by atoms with Crippen LogP contribution in [0, 0.1) is 0 Å². The molecule has 6 heteroatoms. The Hall–Kier alpha value is -1.27. The fraction of sp³-hybridized carbons (Fsp3) is 0.100. The number of thiophene rings is 1. The molecule has 0 atom stereocenters. The molecule has 0 bridgehead atoms. The second-order valence-corrected chi connectivity index (χ2v) is 4.86. The molecule has 2 aromatic heterocycles. The van der Waals surface area contributed by atoms with Crippen molar-refractivity contribution >= 4 is 33.2 Å². The lowest BCUT2D eigenvalue weighted by atomic mass is 10.3. The largest absolute Gasteiger partial charge is 0.347 e. The van der Waals surface area contributed by atoms with Gasteiger partial charge in [-0.05, 0) is 33.4 Å². The number of hydrogen-bond donors (Lipinski definition) is 1. The van der Waals surface area contributed by atoms with Crippen molar-refractivity contribution in [2.45, 2.75) is 6.54 Å². The van der Waals surface area contributed by atoms with Gasteiger partial charge in [0.1, 0.15) is 0 Å². The van der Waals surface area contributed by atoms with Crippen molar-refractivity contribution in [3.8, 4) is 0 Å². The molecule has 2 aromatic rings. The summed E-state index contributed by atoms with van der Waals surface area (Å²) in [6.45, 7) is 0.513. The van der Waals surface area contributed by atoms with E-state index in [0.717, 1.165) is 9.35 Å². The number of halogens is 1. The van der Waals surface area contributed by atoms with Crippen LogP contribution < -0.4 is 5.32 Å². The number of nitrogens with zero attached hydrogens (tertiary/aromatic N) is 2. The van der Waals surface area contributed by atoms with Crippen LogP contribution in [0.5, 0.6) is 0 Å². The molecule has 0 aliphatic heterocycles. The zero-order chi connectivity index (χ0) is 11.4. The molecule has 1 amide bonds. The Morgan fingerprint density at radius 3 is 2.94 bits per heavy atom. The first kappa shape index (κ1) is 11.2. The van der Waals surface area contributed by atoms with Crippen LogP contribution in [0.3, 0.4) is 0 Å². The second kappa shape index (κ2) is 5.18. The highest BCUT2D eigenvalue weighted by molar-refractivity contribution is 9.10. The summed E-state index contributed by atoms with van der Waals surface area (Å²) in [4.78, 5) is 12.8. The van der Waals surface area contributed by atoms with Crippen LogP contribution in [0.25, 0.3) is 0 Å². The maximum atomic E-state index is 11.7. The summed E-state index contributed by atoms with van der Waals surface area (Å²) in [6, 6.07) is 3.59. The monoisotopic (exact) mass is 297 g/mol. The van der Waals surface area contributed by atoms with Gasteiger partial charge in [-0.1, -0.05) is 0 Å². The lowest BCUT2D eigenvalue weighted by Crippen LogP contribution is -2.22. The zero-order valence-electron chi connectivity index (χ0n) is 8.18. The molecule has 0 unspecified atom stereocenters. The third kappa shape index (κ3) is 2.65. The van der Waals surface area contributed by atoms with Gasteiger partial charge in [0, 0.05) is 9.35 Å². The van der Waals surface area contributed by atoms with Crippen LogP contribution in [-0.2, 0) is 6.54 Å². The van der Waals surface area contributed by atoms with Crippen molar-refractivity contribution in [2.24, 2.45) is 0 Å². The van der Waals surface area contributed by atoms with E-state index in [-0.39, 0.29) is 5.91 Å². The van der Waals surface area contributed by atoms with Gasteiger partial charge in [0.05, 0.1) is 24.5 Å². The van der Waals surface area contributed by atoms with Crippen LogP contribution in [0.1, 0.15) is 15.2 Å². The summed E-state index contributed by atoms with van der Waals surface area (Å²) in [7, 11) is 0. The third-order valence-electron chi connectivity index (χ3n) is 1.95. The van der Waals surface area contributed by atoms with Gasteiger partial charge < -0.3 is 5.32 Å². The van der Waals surface area contributed by atoms with Crippen molar-refractivity contribution in [3.63, 3.8) is 0 Å². The Kier molecular flexibility index (Phi) is 3.63. The second-order valence-electron chi connectivity index (χ2n) is 3.01. The molecule has 0 fully saturated rings. The van der Waals surface area contributed by atoms with Gasteiger partial charge in [-0.25, -0.2) is 0 Å². The first-order valence-corrected chi connectivity index (χ1v) is 6.21. The van der Waals surface area contributed by atoms with Gasteiger partial charge in [-0.3, -0.25) is 4.79 Å². The van der Waals surface area contributed by atoms with E-state index >= 15 is 0 Å². The number of carbonyl (C=O) groups is 1. The Morgan fingerprint density at radius 2 is 2.31 bits per heavy atom. The molecule has 0 saturated carbocycles.